The van der Waals surface area contributed by atoms with Crippen LogP contribution in [-0.4, -0.2) is 33.5 Å². The molecule has 1 aromatic rings. The Morgan fingerprint density at radius 1 is 1.48 bits per heavy atom. The van der Waals surface area contributed by atoms with Gasteiger partial charge in [0.25, 0.3) is 5.91 Å². The molecule has 9 heteroatoms. The summed E-state index contributed by atoms with van der Waals surface area (Å²) in [6.45, 7) is 6.12. The minimum absolute atomic E-state index is 0. The zero-order valence-electron chi connectivity index (χ0n) is 12.5. The lowest BCUT2D eigenvalue weighted by Crippen LogP contribution is -2.54. The maximum Gasteiger partial charge on any atom is 0.261 e. The summed E-state index contributed by atoms with van der Waals surface area (Å²) in [5.74, 6) is -0.147. The molecular weight excluding hydrogens is 334 g/mol. The molecule has 0 aliphatic heterocycles. The maximum atomic E-state index is 12.2. The van der Waals surface area contributed by atoms with Gasteiger partial charge in [-0.05, 0) is 26.0 Å². The van der Waals surface area contributed by atoms with E-state index < -0.39 is 15.6 Å². The first-order valence-electron chi connectivity index (χ1n) is 6.21. The van der Waals surface area contributed by atoms with E-state index in [1.165, 1.54) is 18.5 Å². The Morgan fingerprint density at radius 2 is 2.05 bits per heavy atom. The lowest BCUT2D eigenvalue weighted by atomic mass is 9.88. The average molecular weight is 356 g/mol. The highest BCUT2D eigenvalue weighted by Gasteiger charge is 2.29. The van der Waals surface area contributed by atoms with Gasteiger partial charge in [0, 0.05) is 11.9 Å². The van der Waals surface area contributed by atoms with Gasteiger partial charge in [0.15, 0.2) is 0 Å². The van der Waals surface area contributed by atoms with Crippen molar-refractivity contribution in [1.29, 1.82) is 0 Å². The van der Waals surface area contributed by atoms with E-state index in [0.717, 1.165) is 11.3 Å². The van der Waals surface area contributed by atoms with Gasteiger partial charge in [0.1, 0.15) is 0 Å². The first kappa shape index (κ1) is 20.3. The second-order valence-corrected chi connectivity index (χ2v) is 7.88. The normalized spacial score (nSPS) is 14.4. The molecular formula is C12H22ClN3O3S2. The topological polar surface area (TPSA) is 101 Å². The van der Waals surface area contributed by atoms with Crippen LogP contribution in [0.1, 0.15) is 30.4 Å². The van der Waals surface area contributed by atoms with Crippen LogP contribution >= 0.6 is 23.7 Å². The van der Waals surface area contributed by atoms with Gasteiger partial charge in [-0.25, -0.2) is 13.1 Å². The van der Waals surface area contributed by atoms with Crippen LogP contribution in [0, 0.1) is 5.92 Å². The molecule has 0 aliphatic rings. The minimum atomic E-state index is -3.52. The highest BCUT2D eigenvalue weighted by atomic mass is 35.5. The number of rotatable bonds is 6. The van der Waals surface area contributed by atoms with Gasteiger partial charge in [0.2, 0.25) is 10.0 Å². The van der Waals surface area contributed by atoms with Crippen molar-refractivity contribution >= 4 is 39.7 Å². The van der Waals surface area contributed by atoms with Crippen molar-refractivity contribution in [1.82, 2.24) is 10.0 Å². The van der Waals surface area contributed by atoms with Crippen molar-refractivity contribution in [3.05, 3.63) is 16.3 Å². The zero-order chi connectivity index (χ0) is 15.6. The minimum Gasteiger partial charge on any atom is -0.345 e. The number of carbonyl (C=O) groups is 1. The SMILES string of the molecule is CNS(=O)(=O)c1csc(C(=O)NC(C)(CN)C(C)C)c1.Cl. The summed E-state index contributed by atoms with van der Waals surface area (Å²) in [7, 11) is -2.19. The maximum absolute atomic E-state index is 12.2. The van der Waals surface area contributed by atoms with Gasteiger partial charge in [0.05, 0.1) is 15.3 Å². The summed E-state index contributed by atoms with van der Waals surface area (Å²) < 4.78 is 25.5. The smallest absolute Gasteiger partial charge is 0.261 e. The molecule has 0 aromatic carbocycles. The van der Waals surface area contributed by atoms with Crippen LogP contribution in [0.15, 0.2) is 16.3 Å². The number of hydrogen-bond donors (Lipinski definition) is 3. The van der Waals surface area contributed by atoms with E-state index in [1.807, 2.05) is 20.8 Å². The zero-order valence-corrected chi connectivity index (χ0v) is 14.9. The number of nitrogens with one attached hydrogen (secondary N) is 2. The molecule has 0 radical (unpaired) electrons. The highest BCUT2D eigenvalue weighted by Crippen LogP contribution is 2.21. The largest absolute Gasteiger partial charge is 0.345 e. The Morgan fingerprint density at radius 3 is 2.48 bits per heavy atom. The fourth-order valence-electron chi connectivity index (χ4n) is 1.45. The molecule has 0 saturated carbocycles. The van der Waals surface area contributed by atoms with Gasteiger partial charge in [-0.15, -0.1) is 23.7 Å². The van der Waals surface area contributed by atoms with E-state index in [-0.39, 0.29) is 29.1 Å². The highest BCUT2D eigenvalue weighted by molar-refractivity contribution is 7.89. The summed E-state index contributed by atoms with van der Waals surface area (Å²) in [6, 6.07) is 1.36. The Balaban J connectivity index is 0.00000400. The van der Waals surface area contributed by atoms with Gasteiger partial charge in [-0.1, -0.05) is 13.8 Å². The fourth-order valence-corrected chi connectivity index (χ4v) is 3.35. The van der Waals surface area contributed by atoms with Crippen molar-refractivity contribution in [2.45, 2.75) is 31.2 Å². The molecule has 0 saturated heterocycles. The van der Waals surface area contributed by atoms with Crippen LogP contribution in [0.5, 0.6) is 0 Å². The summed E-state index contributed by atoms with van der Waals surface area (Å²) >= 11 is 1.09. The molecule has 21 heavy (non-hydrogen) atoms. The van der Waals surface area contributed by atoms with E-state index >= 15 is 0 Å². The molecule has 1 atom stereocenters. The summed E-state index contributed by atoms with van der Waals surface area (Å²) in [4.78, 5) is 12.6. The van der Waals surface area contributed by atoms with Crippen molar-refractivity contribution in [2.24, 2.45) is 11.7 Å². The quantitative estimate of drug-likeness (QED) is 0.713. The predicted octanol–water partition coefficient (Wildman–Crippen LogP) is 1.18. The Hall–Kier alpha value is -0.670. The van der Waals surface area contributed by atoms with E-state index in [4.69, 9.17) is 5.73 Å². The Bertz CT molecular complexity index is 586. The molecule has 0 bridgehead atoms. The third-order valence-electron chi connectivity index (χ3n) is 3.48. The molecule has 1 unspecified atom stereocenters. The van der Waals surface area contributed by atoms with Crippen molar-refractivity contribution < 1.29 is 13.2 Å². The van der Waals surface area contributed by atoms with Crippen LogP contribution in [0.3, 0.4) is 0 Å². The van der Waals surface area contributed by atoms with Crippen LogP contribution in [0.4, 0.5) is 0 Å². The lowest BCUT2D eigenvalue weighted by Gasteiger charge is -2.33. The molecule has 1 heterocycles. The second kappa shape index (κ2) is 7.55. The third-order valence-corrected chi connectivity index (χ3v) is 5.95. The fraction of sp³-hybridized carbons (Fsp3) is 0.583. The number of hydrogen-bond acceptors (Lipinski definition) is 5. The van der Waals surface area contributed by atoms with Crippen LogP contribution in [0.25, 0.3) is 0 Å². The van der Waals surface area contributed by atoms with Gasteiger partial charge in [-0.3, -0.25) is 4.79 Å². The monoisotopic (exact) mass is 355 g/mol. The van der Waals surface area contributed by atoms with Crippen LogP contribution in [0.2, 0.25) is 0 Å². The standard InChI is InChI=1S/C12H21N3O3S2.ClH/c1-8(2)12(3,7-13)15-11(16)10-5-9(6-19-10)20(17,18)14-4;/h5-6,8,14H,7,13H2,1-4H3,(H,15,16);1H. The Labute approximate surface area is 136 Å². The molecule has 1 amide bonds. The average Bonchev–Trinajstić information content (AvgIpc) is 2.88. The molecule has 6 nitrogen and oxygen atoms in total. The number of nitrogens with two attached hydrogens (primary N) is 1. The van der Waals surface area contributed by atoms with Crippen molar-refractivity contribution in [3.63, 3.8) is 0 Å². The lowest BCUT2D eigenvalue weighted by molar-refractivity contribution is 0.0887. The second-order valence-electron chi connectivity index (χ2n) is 5.08. The van der Waals surface area contributed by atoms with Crippen molar-refractivity contribution in [3.8, 4) is 0 Å². The first-order valence-corrected chi connectivity index (χ1v) is 8.57. The van der Waals surface area contributed by atoms with Gasteiger partial charge < -0.3 is 11.1 Å². The number of carbonyl (C=O) groups excluding carboxylic acids is 1. The summed E-state index contributed by atoms with van der Waals surface area (Å²) in [6.07, 6.45) is 0. The molecule has 1 rings (SSSR count). The number of thiophene rings is 1. The van der Waals surface area contributed by atoms with E-state index in [2.05, 4.69) is 10.0 Å². The molecule has 1 aromatic heterocycles. The van der Waals surface area contributed by atoms with Crippen LogP contribution in [-0.2, 0) is 10.0 Å². The van der Waals surface area contributed by atoms with E-state index in [0.29, 0.717) is 11.4 Å². The van der Waals surface area contributed by atoms with Crippen LogP contribution < -0.4 is 15.8 Å². The van der Waals surface area contributed by atoms with Gasteiger partial charge >= 0.3 is 0 Å². The molecule has 4 N–H and O–H groups in total. The predicted molar refractivity (Wildman–Crippen MR) is 87.6 cm³/mol. The number of amides is 1. The number of sulfonamides is 1. The molecule has 122 valence electrons. The molecule has 0 spiro atoms. The van der Waals surface area contributed by atoms with Crippen molar-refractivity contribution in [2.75, 3.05) is 13.6 Å². The number of halogens is 1. The van der Waals surface area contributed by atoms with Gasteiger partial charge in [-0.2, -0.15) is 0 Å². The Kier molecular flexibility index (Phi) is 7.31. The summed E-state index contributed by atoms with van der Waals surface area (Å²) in [5.41, 5.74) is 5.19. The molecule has 0 fully saturated rings. The molecule has 0 aliphatic carbocycles. The third kappa shape index (κ3) is 4.65. The van der Waals surface area contributed by atoms with E-state index in [1.54, 1.807) is 0 Å². The summed E-state index contributed by atoms with van der Waals surface area (Å²) in [5, 5.41) is 4.31. The van der Waals surface area contributed by atoms with E-state index in [9.17, 15) is 13.2 Å². The first-order chi connectivity index (χ1) is 9.16.